The molecule has 74 valence electrons. The van der Waals surface area contributed by atoms with Crippen LogP contribution in [0.4, 0.5) is 0 Å². The van der Waals surface area contributed by atoms with Crippen LogP contribution in [0.1, 0.15) is 6.42 Å². The molecule has 0 saturated carbocycles. The molecule has 0 aromatic carbocycles. The van der Waals surface area contributed by atoms with Gasteiger partial charge in [0.15, 0.2) is 0 Å². The van der Waals surface area contributed by atoms with Gasteiger partial charge in [-0.05, 0) is 13.0 Å². The van der Waals surface area contributed by atoms with E-state index in [4.69, 9.17) is 4.74 Å². The topological polar surface area (TPSA) is 50.4 Å². The summed E-state index contributed by atoms with van der Waals surface area (Å²) in [7, 11) is 0. The first-order valence-corrected chi connectivity index (χ1v) is 4.53. The Labute approximate surface area is 78.3 Å². The molecule has 13 heavy (non-hydrogen) atoms. The second-order valence-corrected chi connectivity index (χ2v) is 3.02. The Hall–Kier alpha value is -0.870. The van der Waals surface area contributed by atoms with Crippen molar-refractivity contribution in [3.05, 3.63) is 12.7 Å². The molecule has 1 saturated heterocycles. The van der Waals surface area contributed by atoms with Crippen LogP contribution in [0.5, 0.6) is 0 Å². The average Bonchev–Trinajstić information content (AvgIpc) is 2.64. The van der Waals surface area contributed by atoms with Crippen molar-refractivity contribution in [2.45, 2.75) is 12.5 Å². The maximum absolute atomic E-state index is 11.1. The summed E-state index contributed by atoms with van der Waals surface area (Å²) in [5, 5.41) is 5.82. The van der Waals surface area contributed by atoms with Crippen LogP contribution in [0.2, 0.25) is 0 Å². The molecule has 1 unspecified atom stereocenters. The maximum atomic E-state index is 11.1. The molecule has 1 fully saturated rings. The molecule has 1 aliphatic rings. The van der Waals surface area contributed by atoms with Crippen LogP contribution in [0.15, 0.2) is 12.7 Å². The summed E-state index contributed by atoms with van der Waals surface area (Å²) < 4.78 is 5.35. The fourth-order valence-electron chi connectivity index (χ4n) is 1.20. The molecule has 1 aliphatic heterocycles. The van der Waals surface area contributed by atoms with E-state index in [1.165, 1.54) is 0 Å². The van der Waals surface area contributed by atoms with E-state index in [9.17, 15) is 4.79 Å². The quantitative estimate of drug-likeness (QED) is 0.575. The summed E-state index contributed by atoms with van der Waals surface area (Å²) in [4.78, 5) is 11.1. The smallest absolute Gasteiger partial charge is 0.246 e. The minimum absolute atomic E-state index is 0.0770. The molecule has 0 aromatic heterocycles. The molecule has 4 nitrogen and oxygen atoms in total. The van der Waals surface area contributed by atoms with Gasteiger partial charge < -0.3 is 15.4 Å². The fourth-order valence-corrected chi connectivity index (χ4v) is 1.20. The Morgan fingerprint density at radius 2 is 2.62 bits per heavy atom. The van der Waals surface area contributed by atoms with E-state index >= 15 is 0 Å². The number of carbonyl (C=O) groups is 1. The molecule has 0 radical (unpaired) electrons. The van der Waals surface area contributed by atoms with Crippen molar-refractivity contribution in [3.63, 3.8) is 0 Å². The van der Waals surface area contributed by atoms with E-state index < -0.39 is 0 Å². The molecule has 4 heteroatoms. The van der Waals surface area contributed by atoms with E-state index in [1.807, 2.05) is 0 Å². The third-order valence-corrected chi connectivity index (χ3v) is 1.91. The van der Waals surface area contributed by atoms with Crippen molar-refractivity contribution in [1.29, 1.82) is 0 Å². The third-order valence-electron chi connectivity index (χ3n) is 1.91. The zero-order valence-corrected chi connectivity index (χ0v) is 7.71. The van der Waals surface area contributed by atoms with Crippen molar-refractivity contribution in [1.82, 2.24) is 10.6 Å². The molecule has 1 atom stereocenters. The molecule has 0 aromatic rings. The van der Waals surface area contributed by atoms with Gasteiger partial charge in [0.25, 0.3) is 0 Å². The number of nitrogens with one attached hydrogen (secondary N) is 2. The van der Waals surface area contributed by atoms with Crippen molar-refractivity contribution in [2.75, 3.05) is 26.2 Å². The zero-order chi connectivity index (χ0) is 9.52. The minimum Gasteiger partial charge on any atom is -0.367 e. The van der Waals surface area contributed by atoms with Gasteiger partial charge in [-0.2, -0.15) is 0 Å². The van der Waals surface area contributed by atoms with Crippen LogP contribution in [0.25, 0.3) is 0 Å². The summed E-state index contributed by atoms with van der Waals surface area (Å²) >= 11 is 0. The van der Waals surface area contributed by atoms with E-state index in [0.29, 0.717) is 6.54 Å². The first-order valence-electron chi connectivity index (χ1n) is 4.53. The Bertz CT molecular complexity index is 176. The van der Waals surface area contributed by atoms with E-state index in [0.717, 1.165) is 19.5 Å². The summed E-state index contributed by atoms with van der Waals surface area (Å²) in [6, 6.07) is 0. The first kappa shape index (κ1) is 10.2. The Kier molecular flexibility index (Phi) is 4.49. The third kappa shape index (κ3) is 4.05. The molecule has 2 N–H and O–H groups in total. The van der Waals surface area contributed by atoms with Crippen molar-refractivity contribution in [3.8, 4) is 0 Å². The summed E-state index contributed by atoms with van der Waals surface area (Å²) in [6.45, 7) is 6.00. The van der Waals surface area contributed by atoms with Gasteiger partial charge in [-0.25, -0.2) is 0 Å². The number of rotatable bonds is 5. The second kappa shape index (κ2) is 5.72. The van der Waals surface area contributed by atoms with Crippen LogP contribution in [0.3, 0.4) is 0 Å². The van der Waals surface area contributed by atoms with Crippen molar-refractivity contribution in [2.24, 2.45) is 0 Å². The Morgan fingerprint density at radius 3 is 3.23 bits per heavy atom. The number of amides is 1. The standard InChI is InChI=1S/C9H16N2O2/c1-2-4-11-9(12)7-13-8-3-5-10-6-8/h2,8,10H,1,3-7H2,(H,11,12). The normalized spacial score (nSPS) is 21.4. The van der Waals surface area contributed by atoms with Crippen LogP contribution < -0.4 is 10.6 Å². The van der Waals surface area contributed by atoms with Crippen molar-refractivity contribution < 1.29 is 9.53 Å². The minimum atomic E-state index is -0.0770. The number of hydrogen-bond acceptors (Lipinski definition) is 3. The van der Waals surface area contributed by atoms with Gasteiger partial charge in [0, 0.05) is 13.1 Å². The van der Waals surface area contributed by atoms with Gasteiger partial charge in [0.05, 0.1) is 6.10 Å². The highest BCUT2D eigenvalue weighted by Crippen LogP contribution is 2.01. The van der Waals surface area contributed by atoms with E-state index in [2.05, 4.69) is 17.2 Å². The van der Waals surface area contributed by atoms with Gasteiger partial charge >= 0.3 is 0 Å². The van der Waals surface area contributed by atoms with E-state index in [-0.39, 0.29) is 18.6 Å². The highest BCUT2D eigenvalue weighted by atomic mass is 16.5. The van der Waals surface area contributed by atoms with E-state index in [1.54, 1.807) is 6.08 Å². The number of hydrogen-bond donors (Lipinski definition) is 2. The number of ether oxygens (including phenoxy) is 1. The SMILES string of the molecule is C=CCNC(=O)COC1CCNC1. The lowest BCUT2D eigenvalue weighted by molar-refractivity contribution is -0.127. The Morgan fingerprint density at radius 1 is 1.77 bits per heavy atom. The lowest BCUT2D eigenvalue weighted by atomic mass is 10.3. The lowest BCUT2D eigenvalue weighted by Crippen LogP contribution is -2.30. The summed E-state index contributed by atoms with van der Waals surface area (Å²) in [5.41, 5.74) is 0. The Balaban J connectivity index is 2.03. The maximum Gasteiger partial charge on any atom is 0.246 e. The lowest BCUT2D eigenvalue weighted by Gasteiger charge is -2.09. The molecular formula is C9H16N2O2. The van der Waals surface area contributed by atoms with Gasteiger partial charge in [0.1, 0.15) is 6.61 Å². The molecular weight excluding hydrogens is 168 g/mol. The predicted octanol–water partition coefficient (Wildman–Crippen LogP) is -0.333. The molecule has 0 bridgehead atoms. The summed E-state index contributed by atoms with van der Waals surface area (Å²) in [6.07, 6.45) is 2.85. The van der Waals surface area contributed by atoms with Gasteiger partial charge in [0.2, 0.25) is 5.91 Å². The first-order chi connectivity index (χ1) is 6.33. The molecule has 1 heterocycles. The fraction of sp³-hybridized carbons (Fsp3) is 0.667. The van der Waals surface area contributed by atoms with Gasteiger partial charge in [-0.1, -0.05) is 6.08 Å². The molecule has 1 rings (SSSR count). The van der Waals surface area contributed by atoms with Gasteiger partial charge in [-0.3, -0.25) is 4.79 Å². The average molecular weight is 184 g/mol. The monoisotopic (exact) mass is 184 g/mol. The zero-order valence-electron chi connectivity index (χ0n) is 7.71. The summed E-state index contributed by atoms with van der Waals surface area (Å²) in [5.74, 6) is -0.0770. The second-order valence-electron chi connectivity index (χ2n) is 3.02. The van der Waals surface area contributed by atoms with Crippen LogP contribution in [-0.4, -0.2) is 38.3 Å². The molecule has 0 aliphatic carbocycles. The highest BCUT2D eigenvalue weighted by Gasteiger charge is 2.15. The van der Waals surface area contributed by atoms with Gasteiger partial charge in [-0.15, -0.1) is 6.58 Å². The predicted molar refractivity (Wildman–Crippen MR) is 50.4 cm³/mol. The van der Waals surface area contributed by atoms with Crippen LogP contribution in [-0.2, 0) is 9.53 Å². The van der Waals surface area contributed by atoms with Crippen LogP contribution >= 0.6 is 0 Å². The van der Waals surface area contributed by atoms with Crippen LogP contribution in [0, 0.1) is 0 Å². The van der Waals surface area contributed by atoms with Crippen molar-refractivity contribution >= 4 is 5.91 Å². The molecule has 0 spiro atoms. The largest absolute Gasteiger partial charge is 0.367 e. The highest BCUT2D eigenvalue weighted by molar-refractivity contribution is 5.77. The number of carbonyl (C=O) groups excluding carboxylic acids is 1. The molecule has 1 amide bonds.